The zero-order valence-electron chi connectivity index (χ0n) is 18.1. The van der Waals surface area contributed by atoms with E-state index in [2.05, 4.69) is 15.4 Å². The number of carbonyl (C=O) groups excluding carboxylic acids is 3. The lowest BCUT2D eigenvalue weighted by Crippen LogP contribution is -2.37. The Bertz CT molecular complexity index is 1020. The van der Waals surface area contributed by atoms with Crippen LogP contribution < -0.4 is 20.1 Å². The van der Waals surface area contributed by atoms with Gasteiger partial charge in [0.15, 0.2) is 13.2 Å². The normalized spacial score (nSPS) is 11.3. The Morgan fingerprint density at radius 2 is 1.56 bits per heavy atom. The molecule has 1 atom stereocenters. The predicted molar refractivity (Wildman–Crippen MR) is 122 cm³/mol. The van der Waals surface area contributed by atoms with Gasteiger partial charge in [-0.1, -0.05) is 23.2 Å². The van der Waals surface area contributed by atoms with Crippen molar-refractivity contribution in [2.45, 2.75) is 12.5 Å². The van der Waals surface area contributed by atoms with Crippen molar-refractivity contribution in [1.82, 2.24) is 10.6 Å². The van der Waals surface area contributed by atoms with E-state index in [-0.39, 0.29) is 59.8 Å². The van der Waals surface area contributed by atoms with E-state index < -0.39 is 29.7 Å². The molecular weight excluding hydrogens is 494 g/mol. The number of nitrogens with one attached hydrogen (secondary N) is 2. The molecule has 0 aliphatic heterocycles. The van der Waals surface area contributed by atoms with E-state index in [4.69, 9.17) is 32.7 Å². The summed E-state index contributed by atoms with van der Waals surface area (Å²) in [6, 6.07) is 8.10. The SMILES string of the molecule is COC(=O)c1cc(OCC(=O)NCC[C@H](O)CNC(=O)COc2ccc(Cl)c(F)c2)ccc1Cl. The summed E-state index contributed by atoms with van der Waals surface area (Å²) in [7, 11) is 1.22. The topological polar surface area (TPSA) is 123 Å². The lowest BCUT2D eigenvalue weighted by molar-refractivity contribution is -0.124. The molecule has 2 aromatic rings. The number of aliphatic hydroxyl groups is 1. The average Bonchev–Trinajstić information content (AvgIpc) is 2.82. The first-order valence-electron chi connectivity index (χ1n) is 9.99. The number of benzene rings is 2. The maximum absolute atomic E-state index is 13.3. The molecule has 0 aliphatic rings. The Labute approximate surface area is 205 Å². The van der Waals surface area contributed by atoms with Crippen molar-refractivity contribution in [1.29, 1.82) is 0 Å². The van der Waals surface area contributed by atoms with Crippen LogP contribution in [0.2, 0.25) is 10.0 Å². The van der Waals surface area contributed by atoms with Crippen molar-refractivity contribution in [2.75, 3.05) is 33.4 Å². The molecule has 3 N–H and O–H groups in total. The molecule has 0 saturated carbocycles. The lowest BCUT2D eigenvalue weighted by Gasteiger charge is -2.13. The van der Waals surface area contributed by atoms with Crippen LogP contribution in [0.5, 0.6) is 11.5 Å². The molecule has 0 unspecified atom stereocenters. The maximum Gasteiger partial charge on any atom is 0.339 e. The van der Waals surface area contributed by atoms with Gasteiger partial charge in [-0.2, -0.15) is 0 Å². The van der Waals surface area contributed by atoms with Gasteiger partial charge >= 0.3 is 5.97 Å². The molecule has 0 saturated heterocycles. The van der Waals surface area contributed by atoms with Crippen molar-refractivity contribution < 1.29 is 38.1 Å². The summed E-state index contributed by atoms with van der Waals surface area (Å²) in [6.07, 6.45) is -0.750. The Morgan fingerprint density at radius 3 is 2.18 bits per heavy atom. The lowest BCUT2D eigenvalue weighted by atomic mass is 10.2. The fourth-order valence-corrected chi connectivity index (χ4v) is 2.85. The summed E-state index contributed by atoms with van der Waals surface area (Å²) >= 11 is 11.5. The highest BCUT2D eigenvalue weighted by molar-refractivity contribution is 6.33. The van der Waals surface area contributed by atoms with Gasteiger partial charge in [0.25, 0.3) is 11.8 Å². The molecule has 0 bridgehead atoms. The summed E-state index contributed by atoms with van der Waals surface area (Å²) in [5, 5.41) is 15.1. The van der Waals surface area contributed by atoms with Gasteiger partial charge in [0.05, 0.1) is 28.8 Å². The molecule has 0 heterocycles. The molecule has 12 heteroatoms. The van der Waals surface area contributed by atoms with Crippen LogP contribution in [-0.4, -0.2) is 62.4 Å². The predicted octanol–water partition coefficient (Wildman–Crippen LogP) is 2.36. The minimum Gasteiger partial charge on any atom is -0.484 e. The summed E-state index contributed by atoms with van der Waals surface area (Å²) in [5.41, 5.74) is 0.109. The molecule has 2 rings (SSSR count). The molecule has 0 aliphatic carbocycles. The molecule has 0 aromatic heterocycles. The van der Waals surface area contributed by atoms with Crippen molar-refractivity contribution in [3.05, 3.63) is 57.8 Å². The number of aliphatic hydroxyl groups excluding tert-OH is 1. The number of methoxy groups -OCH3 is 1. The van der Waals surface area contributed by atoms with E-state index in [1.807, 2.05) is 0 Å². The zero-order valence-corrected chi connectivity index (χ0v) is 19.6. The molecule has 2 aromatic carbocycles. The van der Waals surface area contributed by atoms with E-state index >= 15 is 0 Å². The number of amides is 2. The number of halogens is 3. The molecule has 2 amide bonds. The molecule has 0 radical (unpaired) electrons. The van der Waals surface area contributed by atoms with Crippen LogP contribution in [0.15, 0.2) is 36.4 Å². The minimum absolute atomic E-state index is 0.0590. The third kappa shape index (κ3) is 9.05. The molecule has 0 spiro atoms. The first-order valence-corrected chi connectivity index (χ1v) is 10.7. The van der Waals surface area contributed by atoms with Crippen LogP contribution in [0, 0.1) is 5.82 Å². The summed E-state index contributed by atoms with van der Waals surface area (Å²) < 4.78 is 28.4. The van der Waals surface area contributed by atoms with Gasteiger partial charge in [0, 0.05) is 19.2 Å². The van der Waals surface area contributed by atoms with Gasteiger partial charge in [0.1, 0.15) is 17.3 Å². The Kier molecular flexibility index (Phi) is 10.9. The van der Waals surface area contributed by atoms with Crippen molar-refractivity contribution in [3.63, 3.8) is 0 Å². The van der Waals surface area contributed by atoms with E-state index in [1.165, 1.54) is 37.4 Å². The van der Waals surface area contributed by atoms with Crippen LogP contribution in [0.1, 0.15) is 16.8 Å². The van der Waals surface area contributed by atoms with Crippen LogP contribution in [0.3, 0.4) is 0 Å². The van der Waals surface area contributed by atoms with Gasteiger partial charge in [-0.15, -0.1) is 0 Å². The van der Waals surface area contributed by atoms with Gasteiger partial charge in [-0.3, -0.25) is 9.59 Å². The second-order valence-electron chi connectivity index (χ2n) is 6.88. The molecule has 0 fully saturated rings. The first-order chi connectivity index (χ1) is 16.2. The van der Waals surface area contributed by atoms with Crippen molar-refractivity contribution in [2.24, 2.45) is 0 Å². The molecule has 34 heavy (non-hydrogen) atoms. The average molecular weight is 517 g/mol. The Morgan fingerprint density at radius 1 is 0.971 bits per heavy atom. The third-order valence-electron chi connectivity index (χ3n) is 4.31. The van der Waals surface area contributed by atoms with Crippen LogP contribution in [0.25, 0.3) is 0 Å². The van der Waals surface area contributed by atoms with Gasteiger partial charge in [-0.05, 0) is 36.8 Å². The molecule has 184 valence electrons. The van der Waals surface area contributed by atoms with Crippen molar-refractivity contribution in [3.8, 4) is 11.5 Å². The highest BCUT2D eigenvalue weighted by Crippen LogP contribution is 2.23. The van der Waals surface area contributed by atoms with Gasteiger partial charge < -0.3 is 30.0 Å². The minimum atomic E-state index is -0.919. The van der Waals surface area contributed by atoms with E-state index in [0.29, 0.717) is 0 Å². The molecular formula is C22H23Cl2FN2O7. The van der Waals surface area contributed by atoms with Crippen LogP contribution in [-0.2, 0) is 14.3 Å². The third-order valence-corrected chi connectivity index (χ3v) is 4.94. The highest BCUT2D eigenvalue weighted by Gasteiger charge is 2.13. The number of carbonyl (C=O) groups is 3. The van der Waals surface area contributed by atoms with E-state index in [0.717, 1.165) is 6.07 Å². The first kappa shape index (κ1) is 27.2. The van der Waals surface area contributed by atoms with Gasteiger partial charge in [-0.25, -0.2) is 9.18 Å². The smallest absolute Gasteiger partial charge is 0.339 e. The maximum atomic E-state index is 13.3. The second kappa shape index (κ2) is 13.6. The van der Waals surface area contributed by atoms with E-state index in [9.17, 15) is 23.9 Å². The number of hydrogen-bond donors (Lipinski definition) is 3. The second-order valence-corrected chi connectivity index (χ2v) is 7.70. The summed E-state index contributed by atoms with van der Waals surface area (Å²) in [5.74, 6) is -1.86. The standard InChI is InChI=1S/C22H23Cl2FN2O7/c1-32-22(31)16-8-14(2-4-17(16)23)33-11-20(29)26-7-6-13(28)10-27-21(30)12-34-15-3-5-18(24)19(25)9-15/h2-5,8-9,13,28H,6-7,10-12H2,1H3,(H,26,29)(H,27,30)/t13-/m0/s1. The van der Waals surface area contributed by atoms with Crippen LogP contribution in [0.4, 0.5) is 4.39 Å². The zero-order chi connectivity index (χ0) is 25.1. The molecule has 9 nitrogen and oxygen atoms in total. The fraction of sp³-hybridized carbons (Fsp3) is 0.318. The quantitative estimate of drug-likeness (QED) is 0.370. The number of ether oxygens (including phenoxy) is 3. The number of rotatable bonds is 12. The monoisotopic (exact) mass is 516 g/mol. The van der Waals surface area contributed by atoms with E-state index in [1.54, 1.807) is 0 Å². The largest absolute Gasteiger partial charge is 0.484 e. The van der Waals surface area contributed by atoms with Crippen molar-refractivity contribution >= 4 is 41.0 Å². The highest BCUT2D eigenvalue weighted by atomic mass is 35.5. The summed E-state index contributed by atoms with van der Waals surface area (Å²) in [6.45, 7) is -0.625. The van der Waals surface area contributed by atoms with Gasteiger partial charge in [0.2, 0.25) is 0 Å². The Balaban J connectivity index is 1.62. The van der Waals surface area contributed by atoms with Crippen LogP contribution >= 0.6 is 23.2 Å². The Hall–Kier alpha value is -3.08. The number of esters is 1. The fourth-order valence-electron chi connectivity index (χ4n) is 2.54. The number of hydrogen-bond acceptors (Lipinski definition) is 7. The summed E-state index contributed by atoms with van der Waals surface area (Å²) in [4.78, 5) is 35.3.